The molecule has 0 radical (unpaired) electrons. The zero-order chi connectivity index (χ0) is 10.6. The van der Waals surface area contributed by atoms with Crippen molar-refractivity contribution in [3.05, 3.63) is 24.6 Å². The summed E-state index contributed by atoms with van der Waals surface area (Å²) in [7, 11) is 0. The largest absolute Gasteiger partial charge is 0.333 e. The summed E-state index contributed by atoms with van der Waals surface area (Å²) in [5.41, 5.74) is 0.364. The van der Waals surface area contributed by atoms with Crippen LogP contribution in [0.3, 0.4) is 0 Å². The molecule has 1 aliphatic rings. The monoisotopic (exact) mass is 194 g/mol. The minimum Gasteiger partial charge on any atom is -0.303 e. The molecule has 1 rings (SSSR count). The van der Waals surface area contributed by atoms with E-state index in [0.717, 1.165) is 24.2 Å². The molecule has 76 valence electrons. The van der Waals surface area contributed by atoms with Gasteiger partial charge >= 0.3 is 6.03 Å². The summed E-state index contributed by atoms with van der Waals surface area (Å²) >= 11 is 0. The quantitative estimate of drug-likeness (QED) is 0.421. The Balaban J connectivity index is 2.66. The third-order valence-corrected chi connectivity index (χ3v) is 2.00. The number of nitrogens with one attached hydrogen (secondary N) is 1. The molecular weight excluding hydrogens is 180 g/mol. The molecule has 1 saturated heterocycles. The number of rotatable bonds is 4. The summed E-state index contributed by atoms with van der Waals surface area (Å²) in [6.45, 7) is 5.46. The van der Waals surface area contributed by atoms with Crippen LogP contribution in [0, 0.1) is 0 Å². The third-order valence-electron chi connectivity index (χ3n) is 2.00. The lowest BCUT2D eigenvalue weighted by Crippen LogP contribution is -2.24. The highest BCUT2D eigenvalue weighted by Crippen LogP contribution is 2.11. The van der Waals surface area contributed by atoms with E-state index < -0.39 is 6.03 Å². The summed E-state index contributed by atoms with van der Waals surface area (Å²) in [6, 6.07) is -0.423. The Kier molecular flexibility index (Phi) is 3.45. The first-order chi connectivity index (χ1) is 6.70. The number of amides is 3. The predicted molar refractivity (Wildman–Crippen MR) is 53.2 cm³/mol. The number of urea groups is 1. The molecule has 1 aliphatic heterocycles. The van der Waals surface area contributed by atoms with Gasteiger partial charge in [-0.1, -0.05) is 26.0 Å². The Morgan fingerprint density at radius 2 is 2.21 bits per heavy atom. The van der Waals surface area contributed by atoms with Crippen LogP contribution in [-0.2, 0) is 4.79 Å². The summed E-state index contributed by atoms with van der Waals surface area (Å²) in [6.07, 6.45) is 5.87. The highest BCUT2D eigenvalue weighted by Gasteiger charge is 2.30. The molecule has 0 saturated carbocycles. The lowest BCUT2D eigenvalue weighted by Gasteiger charge is -2.01. The van der Waals surface area contributed by atoms with Crippen molar-refractivity contribution in [3.8, 4) is 0 Å². The zero-order valence-electron chi connectivity index (χ0n) is 8.25. The van der Waals surface area contributed by atoms with Gasteiger partial charge < -0.3 is 5.32 Å². The average Bonchev–Trinajstić information content (AvgIpc) is 2.42. The molecule has 0 aromatic heterocycles. The number of carbonyl (C=O) groups is 2. The Morgan fingerprint density at radius 1 is 1.50 bits per heavy atom. The van der Waals surface area contributed by atoms with Gasteiger partial charge in [-0.3, -0.25) is 4.79 Å². The van der Waals surface area contributed by atoms with E-state index in [1.165, 1.54) is 6.20 Å². The summed E-state index contributed by atoms with van der Waals surface area (Å²) < 4.78 is 0. The van der Waals surface area contributed by atoms with Crippen LogP contribution in [0.5, 0.6) is 0 Å². The minimum absolute atomic E-state index is 0.318. The van der Waals surface area contributed by atoms with E-state index in [2.05, 4.69) is 18.8 Å². The van der Waals surface area contributed by atoms with E-state index in [1.807, 2.05) is 0 Å². The molecule has 0 bridgehead atoms. The van der Waals surface area contributed by atoms with Crippen LogP contribution < -0.4 is 5.32 Å². The van der Waals surface area contributed by atoms with E-state index in [1.54, 1.807) is 6.08 Å². The standard InChI is InChI=1S/C10H14N2O2/c1-3-5-6-7-8-9(13)12(4-2)10(14)11-8/h4,7H,2-3,5-6H2,1H3,(H,11,14). The SMILES string of the molecule is C=CN1C(=O)NC(=CCCCC)C1=O. The van der Waals surface area contributed by atoms with Gasteiger partial charge in [0.1, 0.15) is 5.70 Å². The molecule has 14 heavy (non-hydrogen) atoms. The molecule has 1 fully saturated rings. The molecule has 0 atom stereocenters. The van der Waals surface area contributed by atoms with Crippen LogP contribution in [0.25, 0.3) is 0 Å². The van der Waals surface area contributed by atoms with E-state index in [9.17, 15) is 9.59 Å². The molecule has 1 N–H and O–H groups in total. The fourth-order valence-electron chi connectivity index (χ4n) is 1.21. The number of nitrogens with zero attached hydrogens (tertiary/aromatic N) is 1. The fourth-order valence-corrected chi connectivity index (χ4v) is 1.21. The summed E-state index contributed by atoms with van der Waals surface area (Å²) in [4.78, 5) is 23.6. The van der Waals surface area contributed by atoms with E-state index in [0.29, 0.717) is 5.70 Å². The van der Waals surface area contributed by atoms with Crippen LogP contribution in [0.1, 0.15) is 26.2 Å². The molecular formula is C10H14N2O2. The van der Waals surface area contributed by atoms with Gasteiger partial charge in [-0.05, 0) is 12.8 Å². The maximum atomic E-state index is 11.4. The third kappa shape index (κ3) is 2.02. The lowest BCUT2D eigenvalue weighted by atomic mass is 10.2. The van der Waals surface area contributed by atoms with E-state index in [4.69, 9.17) is 0 Å². The topological polar surface area (TPSA) is 49.4 Å². The molecule has 0 spiro atoms. The van der Waals surface area contributed by atoms with Gasteiger partial charge in [-0.2, -0.15) is 0 Å². The number of carbonyl (C=O) groups excluding carboxylic acids is 2. The van der Waals surface area contributed by atoms with Crippen LogP contribution in [-0.4, -0.2) is 16.8 Å². The van der Waals surface area contributed by atoms with Crippen molar-refractivity contribution < 1.29 is 9.59 Å². The van der Waals surface area contributed by atoms with Gasteiger partial charge in [0.05, 0.1) is 0 Å². The maximum absolute atomic E-state index is 11.4. The first-order valence-corrected chi connectivity index (χ1v) is 4.68. The smallest absolute Gasteiger partial charge is 0.303 e. The first-order valence-electron chi connectivity index (χ1n) is 4.68. The molecule has 4 heteroatoms. The van der Waals surface area contributed by atoms with Gasteiger partial charge in [-0.15, -0.1) is 0 Å². The highest BCUT2D eigenvalue weighted by molar-refractivity contribution is 6.12. The molecule has 1 heterocycles. The van der Waals surface area contributed by atoms with Crippen molar-refractivity contribution in [2.24, 2.45) is 0 Å². The molecule has 0 aromatic carbocycles. The molecule has 3 amide bonds. The fraction of sp³-hybridized carbons (Fsp3) is 0.400. The second-order valence-corrected chi connectivity index (χ2v) is 3.05. The van der Waals surface area contributed by atoms with E-state index >= 15 is 0 Å². The number of hydrogen-bond acceptors (Lipinski definition) is 2. The van der Waals surface area contributed by atoms with Crippen molar-refractivity contribution in [2.45, 2.75) is 26.2 Å². The molecule has 4 nitrogen and oxygen atoms in total. The molecule has 0 aromatic rings. The second-order valence-electron chi connectivity index (χ2n) is 3.05. The Labute approximate surface area is 83.3 Å². The Hall–Kier alpha value is -1.58. The van der Waals surface area contributed by atoms with Crippen LogP contribution in [0.2, 0.25) is 0 Å². The summed E-state index contributed by atoms with van der Waals surface area (Å²) in [5.74, 6) is -0.318. The van der Waals surface area contributed by atoms with Gasteiger partial charge in [0.2, 0.25) is 0 Å². The number of hydrogen-bond donors (Lipinski definition) is 1. The van der Waals surface area contributed by atoms with Crippen LogP contribution in [0.15, 0.2) is 24.6 Å². The molecule has 0 unspecified atom stereocenters. The Morgan fingerprint density at radius 3 is 2.71 bits per heavy atom. The van der Waals surface area contributed by atoms with Crippen molar-refractivity contribution in [1.29, 1.82) is 0 Å². The minimum atomic E-state index is -0.423. The second kappa shape index (κ2) is 4.60. The number of imide groups is 1. The van der Waals surface area contributed by atoms with Crippen molar-refractivity contribution in [3.63, 3.8) is 0 Å². The van der Waals surface area contributed by atoms with Gasteiger partial charge in [0, 0.05) is 6.20 Å². The van der Waals surface area contributed by atoms with Gasteiger partial charge in [-0.25, -0.2) is 9.69 Å². The van der Waals surface area contributed by atoms with Crippen molar-refractivity contribution in [2.75, 3.05) is 0 Å². The van der Waals surface area contributed by atoms with Gasteiger partial charge in [0.25, 0.3) is 5.91 Å². The highest BCUT2D eigenvalue weighted by atomic mass is 16.2. The Bertz CT molecular complexity index is 294. The van der Waals surface area contributed by atoms with Gasteiger partial charge in [0.15, 0.2) is 0 Å². The summed E-state index contributed by atoms with van der Waals surface area (Å²) in [5, 5.41) is 2.49. The van der Waals surface area contributed by atoms with Crippen molar-refractivity contribution in [1.82, 2.24) is 10.2 Å². The molecule has 0 aliphatic carbocycles. The van der Waals surface area contributed by atoms with Crippen LogP contribution >= 0.6 is 0 Å². The maximum Gasteiger partial charge on any atom is 0.333 e. The lowest BCUT2D eigenvalue weighted by molar-refractivity contribution is -0.121. The van der Waals surface area contributed by atoms with Crippen LogP contribution in [0.4, 0.5) is 4.79 Å². The zero-order valence-corrected chi connectivity index (χ0v) is 8.25. The first kappa shape index (κ1) is 10.5. The normalized spacial score (nSPS) is 18.9. The predicted octanol–water partition coefficient (Wildman–Crippen LogP) is 1.76. The van der Waals surface area contributed by atoms with E-state index in [-0.39, 0.29) is 5.91 Å². The average molecular weight is 194 g/mol. The number of unbranched alkanes of at least 4 members (excludes halogenated alkanes) is 2. The van der Waals surface area contributed by atoms with Crippen molar-refractivity contribution >= 4 is 11.9 Å². The number of allylic oxidation sites excluding steroid dienone is 1.